The zero-order chi connectivity index (χ0) is 11.7. The molecule has 16 heavy (non-hydrogen) atoms. The molecule has 88 valence electrons. The van der Waals surface area contributed by atoms with Crippen molar-refractivity contribution in [1.29, 1.82) is 0 Å². The normalized spacial score (nSPS) is 17.2. The Hall–Kier alpha value is -1.02. The number of rotatable bonds is 4. The quantitative estimate of drug-likeness (QED) is 0.844. The lowest BCUT2D eigenvalue weighted by atomic mass is 9.97. The number of aryl methyl sites for hydroxylation is 2. The van der Waals surface area contributed by atoms with E-state index in [1.807, 2.05) is 0 Å². The van der Waals surface area contributed by atoms with Crippen molar-refractivity contribution in [3.8, 4) is 5.75 Å². The molecule has 0 bridgehead atoms. The van der Waals surface area contributed by atoms with Crippen LogP contribution >= 0.6 is 0 Å². The second kappa shape index (κ2) is 4.46. The Labute approximate surface area is 97.8 Å². The summed E-state index contributed by atoms with van der Waals surface area (Å²) in [6.07, 6.45) is 3.86. The highest BCUT2D eigenvalue weighted by atomic mass is 16.5. The summed E-state index contributed by atoms with van der Waals surface area (Å²) in [5, 5.41) is 0. The van der Waals surface area contributed by atoms with E-state index < -0.39 is 0 Å². The fourth-order valence-corrected chi connectivity index (χ4v) is 2.37. The summed E-state index contributed by atoms with van der Waals surface area (Å²) in [6.45, 7) is 4.17. The standard InChI is InChI=1S/C14H21NO/c1-9-6-12(7-10(2)14(9)16-3)13(15)8-11-4-5-11/h6-7,11,13H,4-5,8,15H2,1-3H3/t13-/m1/s1. The van der Waals surface area contributed by atoms with Gasteiger partial charge in [0.05, 0.1) is 7.11 Å². The molecule has 0 aromatic heterocycles. The van der Waals surface area contributed by atoms with Crippen LogP contribution in [0.5, 0.6) is 5.75 Å². The number of methoxy groups -OCH3 is 1. The lowest BCUT2D eigenvalue weighted by molar-refractivity contribution is 0.408. The van der Waals surface area contributed by atoms with Gasteiger partial charge in [0, 0.05) is 6.04 Å². The third-order valence-electron chi connectivity index (χ3n) is 3.40. The van der Waals surface area contributed by atoms with E-state index in [0.717, 1.165) is 18.1 Å². The van der Waals surface area contributed by atoms with Crippen LogP contribution < -0.4 is 10.5 Å². The molecule has 0 heterocycles. The van der Waals surface area contributed by atoms with Gasteiger partial charge in [-0.25, -0.2) is 0 Å². The molecule has 1 aromatic rings. The van der Waals surface area contributed by atoms with Crippen molar-refractivity contribution < 1.29 is 4.74 Å². The van der Waals surface area contributed by atoms with Gasteiger partial charge in [-0.2, -0.15) is 0 Å². The number of ether oxygens (including phenoxy) is 1. The molecule has 0 spiro atoms. The first-order valence-electron chi connectivity index (χ1n) is 6.02. The second-order valence-corrected chi connectivity index (χ2v) is 4.97. The molecule has 0 unspecified atom stereocenters. The monoisotopic (exact) mass is 219 g/mol. The van der Waals surface area contributed by atoms with Crippen molar-refractivity contribution in [3.63, 3.8) is 0 Å². The van der Waals surface area contributed by atoms with Crippen molar-refractivity contribution in [2.75, 3.05) is 7.11 Å². The maximum absolute atomic E-state index is 6.22. The smallest absolute Gasteiger partial charge is 0.124 e. The molecule has 1 aliphatic carbocycles. The second-order valence-electron chi connectivity index (χ2n) is 4.97. The van der Waals surface area contributed by atoms with Gasteiger partial charge >= 0.3 is 0 Å². The Balaban J connectivity index is 2.20. The van der Waals surface area contributed by atoms with Crippen LogP contribution in [0.15, 0.2) is 12.1 Å². The maximum atomic E-state index is 6.22. The topological polar surface area (TPSA) is 35.2 Å². The number of hydrogen-bond donors (Lipinski definition) is 1. The lowest BCUT2D eigenvalue weighted by Gasteiger charge is -2.16. The Bertz CT molecular complexity index is 359. The van der Waals surface area contributed by atoms with Gasteiger partial charge in [-0.15, -0.1) is 0 Å². The lowest BCUT2D eigenvalue weighted by Crippen LogP contribution is -2.11. The van der Waals surface area contributed by atoms with Crippen LogP contribution in [0.1, 0.15) is 42.0 Å². The SMILES string of the molecule is COc1c(C)cc([C@H](N)CC2CC2)cc1C. The van der Waals surface area contributed by atoms with E-state index in [9.17, 15) is 0 Å². The van der Waals surface area contributed by atoms with E-state index in [1.54, 1.807) is 7.11 Å². The van der Waals surface area contributed by atoms with E-state index in [-0.39, 0.29) is 6.04 Å². The van der Waals surface area contributed by atoms with Crippen molar-refractivity contribution >= 4 is 0 Å². The third-order valence-corrected chi connectivity index (χ3v) is 3.40. The van der Waals surface area contributed by atoms with Crippen molar-refractivity contribution in [1.82, 2.24) is 0 Å². The largest absolute Gasteiger partial charge is 0.496 e. The Morgan fingerprint density at radius 1 is 1.31 bits per heavy atom. The molecule has 2 nitrogen and oxygen atoms in total. The summed E-state index contributed by atoms with van der Waals surface area (Å²) in [6, 6.07) is 4.52. The average Bonchev–Trinajstić information content (AvgIpc) is 3.01. The molecule has 1 atom stereocenters. The Morgan fingerprint density at radius 3 is 2.31 bits per heavy atom. The molecule has 0 saturated heterocycles. The first-order valence-corrected chi connectivity index (χ1v) is 6.02. The minimum Gasteiger partial charge on any atom is -0.496 e. The number of benzene rings is 1. The Morgan fingerprint density at radius 2 is 1.88 bits per heavy atom. The van der Waals surface area contributed by atoms with Crippen LogP contribution in [0.4, 0.5) is 0 Å². The van der Waals surface area contributed by atoms with Crippen LogP contribution in [0.25, 0.3) is 0 Å². The summed E-state index contributed by atoms with van der Waals surface area (Å²) in [5.74, 6) is 1.86. The third kappa shape index (κ3) is 2.38. The van der Waals surface area contributed by atoms with Gasteiger partial charge in [0.15, 0.2) is 0 Å². The number of nitrogens with two attached hydrogens (primary N) is 1. The van der Waals surface area contributed by atoms with Crippen LogP contribution in [0, 0.1) is 19.8 Å². The first kappa shape index (κ1) is 11.5. The molecule has 1 aromatic carbocycles. The summed E-state index contributed by atoms with van der Waals surface area (Å²) < 4.78 is 5.36. The van der Waals surface area contributed by atoms with Gasteiger partial charge in [0.25, 0.3) is 0 Å². The molecule has 2 heteroatoms. The molecule has 0 amide bonds. The molecule has 1 aliphatic rings. The summed E-state index contributed by atoms with van der Waals surface area (Å²) in [7, 11) is 1.72. The minimum absolute atomic E-state index is 0.191. The molecule has 1 fully saturated rings. The van der Waals surface area contributed by atoms with E-state index in [4.69, 9.17) is 10.5 Å². The van der Waals surface area contributed by atoms with Crippen LogP contribution in [0.2, 0.25) is 0 Å². The summed E-state index contributed by atoms with van der Waals surface area (Å²) >= 11 is 0. The summed E-state index contributed by atoms with van der Waals surface area (Å²) in [5.41, 5.74) is 9.84. The average molecular weight is 219 g/mol. The van der Waals surface area contributed by atoms with E-state index in [1.165, 1.54) is 29.5 Å². The zero-order valence-corrected chi connectivity index (χ0v) is 10.4. The fraction of sp³-hybridized carbons (Fsp3) is 0.571. The van der Waals surface area contributed by atoms with E-state index >= 15 is 0 Å². The fourth-order valence-electron chi connectivity index (χ4n) is 2.37. The maximum Gasteiger partial charge on any atom is 0.124 e. The number of hydrogen-bond acceptors (Lipinski definition) is 2. The predicted molar refractivity (Wildman–Crippen MR) is 66.7 cm³/mol. The summed E-state index contributed by atoms with van der Waals surface area (Å²) in [4.78, 5) is 0. The Kier molecular flexibility index (Phi) is 3.20. The van der Waals surface area contributed by atoms with Crippen LogP contribution in [0.3, 0.4) is 0 Å². The van der Waals surface area contributed by atoms with Gasteiger partial charge in [-0.3, -0.25) is 0 Å². The first-order chi connectivity index (χ1) is 7.61. The van der Waals surface area contributed by atoms with Gasteiger partial charge in [0.1, 0.15) is 5.75 Å². The highest BCUT2D eigenvalue weighted by Gasteiger charge is 2.24. The molecule has 0 radical (unpaired) electrons. The van der Waals surface area contributed by atoms with Gasteiger partial charge in [-0.05, 0) is 42.9 Å². The molecule has 2 rings (SSSR count). The van der Waals surface area contributed by atoms with Crippen molar-refractivity contribution in [2.24, 2.45) is 11.7 Å². The van der Waals surface area contributed by atoms with Gasteiger partial charge in [0.2, 0.25) is 0 Å². The molecular formula is C14H21NO. The van der Waals surface area contributed by atoms with Crippen LogP contribution in [-0.4, -0.2) is 7.11 Å². The minimum atomic E-state index is 0.191. The molecule has 0 aliphatic heterocycles. The molecular weight excluding hydrogens is 198 g/mol. The van der Waals surface area contributed by atoms with Crippen molar-refractivity contribution in [3.05, 3.63) is 28.8 Å². The molecule has 1 saturated carbocycles. The zero-order valence-electron chi connectivity index (χ0n) is 10.4. The van der Waals surface area contributed by atoms with Gasteiger partial charge in [-0.1, -0.05) is 25.0 Å². The highest BCUT2D eigenvalue weighted by Crippen LogP contribution is 2.37. The van der Waals surface area contributed by atoms with E-state index in [2.05, 4.69) is 26.0 Å². The van der Waals surface area contributed by atoms with Crippen LogP contribution in [-0.2, 0) is 0 Å². The van der Waals surface area contributed by atoms with Crippen molar-refractivity contribution in [2.45, 2.75) is 39.2 Å². The van der Waals surface area contributed by atoms with Gasteiger partial charge < -0.3 is 10.5 Å². The predicted octanol–water partition coefficient (Wildman–Crippen LogP) is 3.11. The van der Waals surface area contributed by atoms with E-state index in [0.29, 0.717) is 0 Å². The highest BCUT2D eigenvalue weighted by molar-refractivity contribution is 5.44. The molecule has 2 N–H and O–H groups in total.